The first-order valence-corrected chi connectivity index (χ1v) is 9.29. The van der Waals surface area contributed by atoms with Crippen LogP contribution < -0.4 is 19.5 Å². The second kappa shape index (κ2) is 9.61. The van der Waals surface area contributed by atoms with Crippen LogP contribution in [0.5, 0.6) is 17.2 Å². The highest BCUT2D eigenvalue weighted by molar-refractivity contribution is 6.00. The number of methoxy groups -OCH3 is 3. The van der Waals surface area contributed by atoms with E-state index in [4.69, 9.17) is 14.2 Å². The van der Waals surface area contributed by atoms with Gasteiger partial charge in [-0.05, 0) is 17.2 Å². The lowest BCUT2D eigenvalue weighted by Gasteiger charge is -2.15. The first kappa shape index (κ1) is 21.6. The number of nitrogens with one attached hydrogen (secondary N) is 1. The van der Waals surface area contributed by atoms with Gasteiger partial charge in [0, 0.05) is 25.0 Å². The molecule has 1 heterocycles. The SMILES string of the molecule is COc1cc(C(=O)NCc2ccccc2Cn2cccn2)c([N+](=O)[O-])c(OC)c1OC. The lowest BCUT2D eigenvalue weighted by Crippen LogP contribution is -2.25. The van der Waals surface area contributed by atoms with Gasteiger partial charge >= 0.3 is 5.69 Å². The van der Waals surface area contributed by atoms with E-state index < -0.39 is 16.5 Å². The largest absolute Gasteiger partial charge is 0.493 e. The van der Waals surface area contributed by atoms with Crippen molar-refractivity contribution < 1.29 is 23.9 Å². The summed E-state index contributed by atoms with van der Waals surface area (Å²) in [6, 6.07) is 10.7. The van der Waals surface area contributed by atoms with Crippen molar-refractivity contribution in [2.45, 2.75) is 13.1 Å². The van der Waals surface area contributed by atoms with Gasteiger partial charge in [0.05, 0.1) is 32.8 Å². The molecule has 0 aliphatic heterocycles. The summed E-state index contributed by atoms with van der Waals surface area (Å²) in [7, 11) is 3.97. The van der Waals surface area contributed by atoms with E-state index in [2.05, 4.69) is 10.4 Å². The maximum Gasteiger partial charge on any atom is 0.327 e. The number of nitrogens with zero attached hydrogens (tertiary/aromatic N) is 3. The van der Waals surface area contributed by atoms with Crippen LogP contribution in [0.15, 0.2) is 48.8 Å². The Labute approximate surface area is 178 Å². The zero-order chi connectivity index (χ0) is 22.4. The fraction of sp³-hybridized carbons (Fsp3) is 0.238. The van der Waals surface area contributed by atoms with Gasteiger partial charge in [-0.25, -0.2) is 0 Å². The molecular formula is C21H22N4O6. The summed E-state index contributed by atoms with van der Waals surface area (Å²) in [5.74, 6) is -0.636. The maximum atomic E-state index is 12.9. The zero-order valence-corrected chi connectivity index (χ0v) is 17.3. The van der Waals surface area contributed by atoms with Crippen LogP contribution in [0.4, 0.5) is 5.69 Å². The van der Waals surface area contributed by atoms with E-state index in [1.807, 2.05) is 36.5 Å². The van der Waals surface area contributed by atoms with Crippen molar-refractivity contribution in [2.75, 3.05) is 21.3 Å². The molecule has 162 valence electrons. The summed E-state index contributed by atoms with van der Waals surface area (Å²) in [5.41, 5.74) is 1.14. The average Bonchev–Trinajstić information content (AvgIpc) is 3.29. The topological polar surface area (TPSA) is 118 Å². The molecule has 2 aromatic carbocycles. The van der Waals surface area contributed by atoms with Crippen molar-refractivity contribution in [3.05, 3.63) is 75.6 Å². The van der Waals surface area contributed by atoms with Crippen LogP contribution in [0.25, 0.3) is 0 Å². The molecular weight excluding hydrogens is 404 g/mol. The quantitative estimate of drug-likeness (QED) is 0.413. The molecule has 0 radical (unpaired) electrons. The van der Waals surface area contributed by atoms with Crippen LogP contribution in [0, 0.1) is 10.1 Å². The third-order valence-corrected chi connectivity index (χ3v) is 4.68. The average molecular weight is 426 g/mol. The summed E-state index contributed by atoms with van der Waals surface area (Å²) in [6.45, 7) is 0.702. The molecule has 0 saturated carbocycles. The number of nitro groups is 1. The Morgan fingerprint density at radius 1 is 1.10 bits per heavy atom. The maximum absolute atomic E-state index is 12.9. The van der Waals surface area contributed by atoms with E-state index in [0.29, 0.717) is 6.54 Å². The number of carbonyl (C=O) groups excluding carboxylic acids is 1. The van der Waals surface area contributed by atoms with E-state index in [-0.39, 0.29) is 29.4 Å². The van der Waals surface area contributed by atoms with Gasteiger partial charge in [-0.15, -0.1) is 0 Å². The Balaban J connectivity index is 1.90. The highest BCUT2D eigenvalue weighted by Gasteiger charge is 2.32. The van der Waals surface area contributed by atoms with Crippen LogP contribution in [0.2, 0.25) is 0 Å². The van der Waals surface area contributed by atoms with E-state index in [0.717, 1.165) is 11.1 Å². The number of amides is 1. The Morgan fingerprint density at radius 2 is 1.81 bits per heavy atom. The van der Waals surface area contributed by atoms with Gasteiger partial charge < -0.3 is 19.5 Å². The smallest absolute Gasteiger partial charge is 0.327 e. The lowest BCUT2D eigenvalue weighted by molar-refractivity contribution is -0.386. The van der Waals surface area contributed by atoms with E-state index in [9.17, 15) is 14.9 Å². The summed E-state index contributed by atoms with van der Waals surface area (Å²) < 4.78 is 17.3. The fourth-order valence-electron chi connectivity index (χ4n) is 3.22. The number of aromatic nitrogens is 2. The summed E-state index contributed by atoms with van der Waals surface area (Å²) in [4.78, 5) is 24.0. The van der Waals surface area contributed by atoms with Crippen molar-refractivity contribution >= 4 is 11.6 Å². The first-order valence-electron chi connectivity index (χ1n) is 9.29. The van der Waals surface area contributed by atoms with Crippen LogP contribution in [-0.4, -0.2) is 41.9 Å². The minimum Gasteiger partial charge on any atom is -0.493 e. The molecule has 3 rings (SSSR count). The number of rotatable bonds is 9. The second-order valence-electron chi connectivity index (χ2n) is 6.45. The molecule has 10 nitrogen and oxygen atoms in total. The van der Waals surface area contributed by atoms with Crippen molar-refractivity contribution in [1.82, 2.24) is 15.1 Å². The minimum absolute atomic E-state index is 0.0396. The molecule has 0 saturated heterocycles. The van der Waals surface area contributed by atoms with Crippen LogP contribution in [-0.2, 0) is 13.1 Å². The molecule has 0 unspecified atom stereocenters. The Morgan fingerprint density at radius 3 is 2.39 bits per heavy atom. The molecule has 31 heavy (non-hydrogen) atoms. The van der Waals surface area contributed by atoms with Gasteiger partial charge in [0.25, 0.3) is 5.91 Å². The second-order valence-corrected chi connectivity index (χ2v) is 6.45. The van der Waals surface area contributed by atoms with Crippen molar-refractivity contribution in [2.24, 2.45) is 0 Å². The van der Waals surface area contributed by atoms with Crippen molar-refractivity contribution in [3.8, 4) is 17.2 Å². The highest BCUT2D eigenvalue weighted by Crippen LogP contribution is 2.46. The van der Waals surface area contributed by atoms with E-state index in [1.54, 1.807) is 10.9 Å². The standard InChI is InChI=1S/C21H22N4O6/c1-29-17-11-16(18(25(27)28)20(31-3)19(17)30-2)21(26)22-12-14-7-4-5-8-15(14)13-24-10-6-9-23-24/h4-11H,12-13H2,1-3H3,(H,22,26). The fourth-order valence-corrected chi connectivity index (χ4v) is 3.22. The van der Waals surface area contributed by atoms with Gasteiger partial charge in [0.2, 0.25) is 11.5 Å². The molecule has 0 spiro atoms. The third kappa shape index (κ3) is 4.58. The molecule has 10 heteroatoms. The number of hydrogen-bond acceptors (Lipinski definition) is 7. The molecule has 0 bridgehead atoms. The summed E-state index contributed by atoms with van der Waals surface area (Å²) in [5, 5.41) is 18.7. The van der Waals surface area contributed by atoms with Gasteiger partial charge in [-0.1, -0.05) is 24.3 Å². The number of ether oxygens (including phenoxy) is 3. The summed E-state index contributed by atoms with van der Waals surface area (Å²) in [6.07, 6.45) is 3.53. The van der Waals surface area contributed by atoms with Gasteiger partial charge in [0.1, 0.15) is 5.56 Å². The lowest BCUT2D eigenvalue weighted by atomic mass is 10.1. The third-order valence-electron chi connectivity index (χ3n) is 4.68. The van der Waals surface area contributed by atoms with Gasteiger partial charge in [-0.2, -0.15) is 5.10 Å². The number of carbonyl (C=O) groups is 1. The molecule has 0 atom stereocenters. The van der Waals surface area contributed by atoms with Crippen LogP contribution >= 0.6 is 0 Å². The Bertz CT molecular complexity index is 1080. The summed E-state index contributed by atoms with van der Waals surface area (Å²) >= 11 is 0. The molecule has 1 aromatic heterocycles. The minimum atomic E-state index is -0.679. The van der Waals surface area contributed by atoms with Crippen molar-refractivity contribution in [1.29, 1.82) is 0 Å². The van der Waals surface area contributed by atoms with Crippen LogP contribution in [0.3, 0.4) is 0 Å². The Kier molecular flexibility index (Phi) is 6.71. The molecule has 0 aliphatic rings. The Hall–Kier alpha value is -4.08. The predicted molar refractivity (Wildman–Crippen MR) is 112 cm³/mol. The molecule has 0 aliphatic carbocycles. The number of nitro benzene ring substituents is 1. The normalized spacial score (nSPS) is 10.4. The molecule has 1 amide bonds. The first-order chi connectivity index (χ1) is 15.0. The monoisotopic (exact) mass is 426 g/mol. The predicted octanol–water partition coefficient (Wildman–Crippen LogP) is 2.80. The van der Waals surface area contributed by atoms with Gasteiger partial charge in [0.15, 0.2) is 5.75 Å². The number of benzene rings is 2. The highest BCUT2D eigenvalue weighted by atomic mass is 16.6. The van der Waals surface area contributed by atoms with Crippen LogP contribution in [0.1, 0.15) is 21.5 Å². The molecule has 3 aromatic rings. The van der Waals surface area contributed by atoms with E-state index >= 15 is 0 Å². The molecule has 0 fully saturated rings. The molecule has 1 N–H and O–H groups in total. The van der Waals surface area contributed by atoms with E-state index in [1.165, 1.54) is 27.4 Å². The van der Waals surface area contributed by atoms with Crippen molar-refractivity contribution in [3.63, 3.8) is 0 Å². The number of hydrogen-bond donors (Lipinski definition) is 1. The van der Waals surface area contributed by atoms with Gasteiger partial charge in [-0.3, -0.25) is 19.6 Å². The zero-order valence-electron chi connectivity index (χ0n) is 17.3.